The van der Waals surface area contributed by atoms with E-state index in [1.165, 1.54) is 11.3 Å². The van der Waals surface area contributed by atoms with E-state index >= 15 is 0 Å². The third-order valence-electron chi connectivity index (χ3n) is 3.83. The molecule has 1 fully saturated rings. The van der Waals surface area contributed by atoms with Crippen LogP contribution >= 0.6 is 0 Å². The molecule has 1 aromatic carbocycles. The lowest BCUT2D eigenvalue weighted by atomic mass is 10.1. The van der Waals surface area contributed by atoms with Crippen LogP contribution in [0.15, 0.2) is 24.3 Å². The molecule has 1 aliphatic heterocycles. The summed E-state index contributed by atoms with van der Waals surface area (Å²) in [5.74, 6) is 0. The van der Waals surface area contributed by atoms with E-state index in [1.807, 2.05) is 0 Å². The number of hydrogen-bond donors (Lipinski definition) is 2. The van der Waals surface area contributed by atoms with Gasteiger partial charge in [-0.1, -0.05) is 25.1 Å². The quantitative estimate of drug-likeness (QED) is 0.822. The molecule has 2 unspecified atom stereocenters. The van der Waals surface area contributed by atoms with E-state index in [0.29, 0.717) is 6.04 Å². The molecule has 0 aliphatic carbocycles. The molecule has 1 heterocycles. The van der Waals surface area contributed by atoms with Crippen LogP contribution in [0.3, 0.4) is 0 Å². The Morgan fingerprint density at radius 1 is 1.35 bits per heavy atom. The fourth-order valence-electron chi connectivity index (χ4n) is 2.98. The van der Waals surface area contributed by atoms with Crippen LogP contribution in [0, 0.1) is 0 Å². The zero-order valence-electron chi connectivity index (χ0n) is 12.8. The molecule has 0 radical (unpaired) electrons. The number of rotatable bonds is 6. The van der Waals surface area contributed by atoms with E-state index in [4.69, 9.17) is 0 Å². The lowest BCUT2D eigenvalue weighted by Gasteiger charge is -2.30. The minimum absolute atomic E-state index is 0.216. The second kappa shape index (κ2) is 7.07. The van der Waals surface area contributed by atoms with Gasteiger partial charge in [0.05, 0.1) is 6.10 Å². The zero-order chi connectivity index (χ0) is 14.5. The molecule has 4 nitrogen and oxygen atoms in total. The lowest BCUT2D eigenvalue weighted by Crippen LogP contribution is -2.38. The second-order valence-corrected chi connectivity index (χ2v) is 5.87. The normalized spacial score (nSPS) is 22.8. The van der Waals surface area contributed by atoms with Gasteiger partial charge >= 0.3 is 0 Å². The molecule has 0 spiro atoms. The standard InChI is InChI=1S/C16H27N3O/c1-4-17-10-13-7-5-6-8-16(13)19-12-15(20)9-14(19)11-18(2)3/h5-8,14-15,17,20H,4,9-12H2,1-3H3. The first-order valence-corrected chi connectivity index (χ1v) is 7.49. The van der Waals surface area contributed by atoms with Crippen LogP contribution in [-0.2, 0) is 6.54 Å². The fourth-order valence-corrected chi connectivity index (χ4v) is 2.98. The van der Waals surface area contributed by atoms with Gasteiger partial charge in [-0.2, -0.15) is 0 Å². The molecule has 0 bridgehead atoms. The number of hydrogen-bond acceptors (Lipinski definition) is 4. The van der Waals surface area contributed by atoms with Crippen molar-refractivity contribution in [2.24, 2.45) is 0 Å². The molecule has 1 aliphatic rings. The molecule has 2 N–H and O–H groups in total. The predicted molar refractivity (Wildman–Crippen MR) is 84.1 cm³/mol. The van der Waals surface area contributed by atoms with E-state index in [0.717, 1.165) is 32.6 Å². The van der Waals surface area contributed by atoms with Gasteiger partial charge in [-0.25, -0.2) is 0 Å². The van der Waals surface area contributed by atoms with Gasteiger partial charge in [-0.3, -0.25) is 0 Å². The van der Waals surface area contributed by atoms with Crippen LogP contribution in [0.25, 0.3) is 0 Å². The average Bonchev–Trinajstić information content (AvgIpc) is 2.76. The molecule has 4 heteroatoms. The smallest absolute Gasteiger partial charge is 0.0735 e. The molecule has 20 heavy (non-hydrogen) atoms. The van der Waals surface area contributed by atoms with Gasteiger partial charge in [0.2, 0.25) is 0 Å². The Morgan fingerprint density at radius 3 is 2.80 bits per heavy atom. The molecule has 2 atom stereocenters. The Labute approximate surface area is 122 Å². The van der Waals surface area contributed by atoms with Crippen molar-refractivity contribution in [3.05, 3.63) is 29.8 Å². The average molecular weight is 277 g/mol. The van der Waals surface area contributed by atoms with Crippen molar-refractivity contribution in [1.29, 1.82) is 0 Å². The molecule has 1 saturated heterocycles. The predicted octanol–water partition coefficient (Wildman–Crippen LogP) is 1.30. The van der Waals surface area contributed by atoms with Crippen LogP contribution in [0.2, 0.25) is 0 Å². The number of aliphatic hydroxyl groups is 1. The summed E-state index contributed by atoms with van der Waals surface area (Å²) in [5, 5.41) is 13.4. The van der Waals surface area contributed by atoms with Crippen molar-refractivity contribution >= 4 is 5.69 Å². The van der Waals surface area contributed by atoms with E-state index in [1.54, 1.807) is 0 Å². The Bertz CT molecular complexity index is 422. The van der Waals surface area contributed by atoms with Gasteiger partial charge in [0, 0.05) is 31.4 Å². The molecular weight excluding hydrogens is 250 g/mol. The largest absolute Gasteiger partial charge is 0.391 e. The number of nitrogens with one attached hydrogen (secondary N) is 1. The summed E-state index contributed by atoms with van der Waals surface area (Å²) in [5.41, 5.74) is 2.57. The number of nitrogens with zero attached hydrogens (tertiary/aromatic N) is 2. The number of aliphatic hydroxyl groups excluding tert-OH is 1. The van der Waals surface area contributed by atoms with Crippen molar-refractivity contribution < 1.29 is 5.11 Å². The fraction of sp³-hybridized carbons (Fsp3) is 0.625. The number of β-amino-alcohol motifs (C(OH)–C–C–N with tert-alkyl or cyclic N) is 1. The van der Waals surface area contributed by atoms with E-state index in [-0.39, 0.29) is 6.10 Å². The Hall–Kier alpha value is -1.10. The van der Waals surface area contributed by atoms with Crippen LogP contribution < -0.4 is 10.2 Å². The van der Waals surface area contributed by atoms with Crippen molar-refractivity contribution in [3.8, 4) is 0 Å². The van der Waals surface area contributed by atoms with Crippen LogP contribution in [0.1, 0.15) is 18.9 Å². The van der Waals surface area contributed by atoms with Gasteiger partial charge in [0.15, 0.2) is 0 Å². The Kier molecular flexibility index (Phi) is 5.40. The molecule has 0 saturated carbocycles. The minimum atomic E-state index is -0.216. The molecule has 0 amide bonds. The first-order valence-electron chi connectivity index (χ1n) is 7.49. The minimum Gasteiger partial charge on any atom is -0.391 e. The maximum atomic E-state index is 10.0. The molecule has 0 aromatic heterocycles. The third kappa shape index (κ3) is 3.72. The third-order valence-corrected chi connectivity index (χ3v) is 3.83. The zero-order valence-corrected chi connectivity index (χ0v) is 12.8. The molecule has 1 aromatic rings. The number of anilines is 1. The topological polar surface area (TPSA) is 38.7 Å². The van der Waals surface area contributed by atoms with Gasteiger partial charge in [-0.15, -0.1) is 0 Å². The summed E-state index contributed by atoms with van der Waals surface area (Å²) in [6.07, 6.45) is 0.639. The van der Waals surface area contributed by atoms with E-state index < -0.39 is 0 Å². The van der Waals surface area contributed by atoms with Crippen molar-refractivity contribution in [1.82, 2.24) is 10.2 Å². The first kappa shape index (κ1) is 15.3. The SMILES string of the molecule is CCNCc1ccccc1N1CC(O)CC1CN(C)C. The highest BCUT2D eigenvalue weighted by atomic mass is 16.3. The van der Waals surface area contributed by atoms with E-state index in [2.05, 4.69) is 60.4 Å². The Balaban J connectivity index is 2.19. The van der Waals surface area contributed by atoms with Crippen LogP contribution in [-0.4, -0.2) is 55.9 Å². The van der Waals surface area contributed by atoms with Crippen molar-refractivity contribution in [2.45, 2.75) is 32.0 Å². The summed E-state index contributed by atoms with van der Waals surface area (Å²) in [7, 11) is 4.18. The molecule has 2 rings (SSSR count). The highest BCUT2D eigenvalue weighted by molar-refractivity contribution is 5.55. The summed E-state index contributed by atoms with van der Waals surface area (Å²) in [6.45, 7) is 5.69. The second-order valence-electron chi connectivity index (χ2n) is 5.87. The molecular formula is C16H27N3O. The Morgan fingerprint density at radius 2 is 2.10 bits per heavy atom. The van der Waals surface area contributed by atoms with E-state index in [9.17, 15) is 5.11 Å². The highest BCUT2D eigenvalue weighted by Crippen LogP contribution is 2.29. The van der Waals surface area contributed by atoms with Crippen LogP contribution in [0.4, 0.5) is 5.69 Å². The monoisotopic (exact) mass is 277 g/mol. The van der Waals surface area contributed by atoms with Gasteiger partial charge in [-0.05, 0) is 38.7 Å². The van der Waals surface area contributed by atoms with Crippen molar-refractivity contribution in [2.75, 3.05) is 38.6 Å². The maximum Gasteiger partial charge on any atom is 0.0735 e. The number of benzene rings is 1. The number of likely N-dealkylation sites (N-methyl/N-ethyl adjacent to an activating group) is 1. The number of para-hydroxylation sites is 1. The van der Waals surface area contributed by atoms with Gasteiger partial charge < -0.3 is 20.2 Å². The summed E-state index contributed by atoms with van der Waals surface area (Å²) >= 11 is 0. The summed E-state index contributed by atoms with van der Waals surface area (Å²) in [6, 6.07) is 8.91. The maximum absolute atomic E-state index is 10.0. The first-order chi connectivity index (χ1) is 9.61. The van der Waals surface area contributed by atoms with Gasteiger partial charge in [0.1, 0.15) is 0 Å². The van der Waals surface area contributed by atoms with Gasteiger partial charge in [0.25, 0.3) is 0 Å². The molecule has 112 valence electrons. The van der Waals surface area contributed by atoms with Crippen molar-refractivity contribution in [3.63, 3.8) is 0 Å². The summed E-state index contributed by atoms with van der Waals surface area (Å²) in [4.78, 5) is 4.57. The van der Waals surface area contributed by atoms with Crippen LogP contribution in [0.5, 0.6) is 0 Å². The lowest BCUT2D eigenvalue weighted by molar-refractivity contribution is 0.191. The summed E-state index contributed by atoms with van der Waals surface area (Å²) < 4.78 is 0. The highest BCUT2D eigenvalue weighted by Gasteiger charge is 2.32.